The first kappa shape index (κ1) is 22.8. The second-order valence-corrected chi connectivity index (χ2v) is 11.2. The predicted octanol–water partition coefficient (Wildman–Crippen LogP) is 4.77. The van der Waals surface area contributed by atoms with Crippen LogP contribution in [-0.2, 0) is 9.47 Å². The van der Waals surface area contributed by atoms with Crippen LogP contribution in [0.4, 0.5) is 18.0 Å². The standard InChI is InChI=1S/C24H36F3NO4/c1-23-9-8-17-16-5-3-15(12-14(16)2-4-18(17)19(23)6-7-21(23)29)32-22(30)28-10-11-31-13-20(28)24(25,26)27/h14-21,29H,2-13H2,1H3. The van der Waals surface area contributed by atoms with Gasteiger partial charge in [0.2, 0.25) is 0 Å². The van der Waals surface area contributed by atoms with Crippen LogP contribution in [0, 0.1) is 35.0 Å². The second kappa shape index (κ2) is 8.33. The summed E-state index contributed by atoms with van der Waals surface area (Å²) in [6.07, 6.45) is 3.27. The van der Waals surface area contributed by atoms with Crippen LogP contribution in [0.1, 0.15) is 64.7 Å². The number of morpholine rings is 1. The summed E-state index contributed by atoms with van der Waals surface area (Å²) in [5.41, 5.74) is 0.0773. The van der Waals surface area contributed by atoms with E-state index in [0.717, 1.165) is 49.8 Å². The zero-order chi connectivity index (χ0) is 22.7. The molecule has 0 radical (unpaired) electrons. The van der Waals surface area contributed by atoms with Gasteiger partial charge in [0.25, 0.3) is 0 Å². The molecule has 1 heterocycles. The highest BCUT2D eigenvalue weighted by Gasteiger charge is 2.57. The average Bonchev–Trinajstić information content (AvgIpc) is 3.07. The number of carbonyl (C=O) groups excluding carboxylic acids is 1. The third kappa shape index (κ3) is 3.83. The van der Waals surface area contributed by atoms with E-state index in [1.165, 1.54) is 12.8 Å². The van der Waals surface area contributed by atoms with Crippen LogP contribution < -0.4 is 0 Å². The number of rotatable bonds is 1. The maximum atomic E-state index is 13.3. The molecule has 0 aromatic heterocycles. The fourth-order valence-electron chi connectivity index (χ4n) is 8.19. The van der Waals surface area contributed by atoms with Gasteiger partial charge >= 0.3 is 12.3 Å². The van der Waals surface area contributed by atoms with Gasteiger partial charge in [-0.25, -0.2) is 4.79 Å². The van der Waals surface area contributed by atoms with Crippen LogP contribution in [0.5, 0.6) is 0 Å². The molecule has 1 aliphatic heterocycles. The van der Waals surface area contributed by atoms with E-state index in [4.69, 9.17) is 9.47 Å². The number of carbonyl (C=O) groups is 1. The van der Waals surface area contributed by atoms with Crippen molar-refractivity contribution in [1.82, 2.24) is 4.90 Å². The van der Waals surface area contributed by atoms with Crippen molar-refractivity contribution >= 4 is 6.09 Å². The highest BCUT2D eigenvalue weighted by molar-refractivity contribution is 5.68. The van der Waals surface area contributed by atoms with Crippen molar-refractivity contribution < 1.29 is 32.5 Å². The summed E-state index contributed by atoms with van der Waals surface area (Å²) in [6, 6.07) is -1.92. The van der Waals surface area contributed by atoms with E-state index in [2.05, 4.69) is 6.92 Å². The molecule has 5 fully saturated rings. The van der Waals surface area contributed by atoms with Gasteiger partial charge in [-0.2, -0.15) is 13.2 Å². The van der Waals surface area contributed by atoms with Crippen LogP contribution >= 0.6 is 0 Å². The van der Waals surface area contributed by atoms with Gasteiger partial charge in [0.15, 0.2) is 6.04 Å². The predicted molar refractivity (Wildman–Crippen MR) is 111 cm³/mol. The maximum Gasteiger partial charge on any atom is 0.411 e. The van der Waals surface area contributed by atoms with E-state index in [1.807, 2.05) is 0 Å². The Bertz CT molecular complexity index is 718. The Balaban J connectivity index is 1.20. The van der Waals surface area contributed by atoms with Crippen molar-refractivity contribution in [2.24, 2.45) is 35.0 Å². The number of ether oxygens (including phenoxy) is 2. The Kier molecular flexibility index (Phi) is 5.92. The summed E-state index contributed by atoms with van der Waals surface area (Å²) in [5.74, 6) is 3.10. The first-order valence-corrected chi connectivity index (χ1v) is 12.5. The SMILES string of the molecule is CC12CCC3C4CCC(OC(=O)N5CCOCC5C(F)(F)F)CC4CCC3C1CCC2O. The highest BCUT2D eigenvalue weighted by atomic mass is 19.4. The Labute approximate surface area is 188 Å². The van der Waals surface area contributed by atoms with Crippen molar-refractivity contribution in [3.05, 3.63) is 0 Å². The number of aliphatic hydroxyl groups excluding tert-OH is 1. The number of hydrogen-bond acceptors (Lipinski definition) is 4. The Morgan fingerprint density at radius 3 is 2.62 bits per heavy atom. The summed E-state index contributed by atoms with van der Waals surface area (Å²) in [5, 5.41) is 10.6. The molecule has 4 aliphatic carbocycles. The molecule has 5 aliphatic rings. The number of nitrogens with zero attached hydrogens (tertiary/aromatic N) is 1. The summed E-state index contributed by atoms with van der Waals surface area (Å²) in [4.78, 5) is 13.4. The summed E-state index contributed by atoms with van der Waals surface area (Å²) >= 11 is 0. The van der Waals surface area contributed by atoms with E-state index >= 15 is 0 Å². The van der Waals surface area contributed by atoms with Gasteiger partial charge in [-0.3, -0.25) is 4.90 Å². The van der Waals surface area contributed by atoms with Gasteiger partial charge < -0.3 is 14.6 Å². The lowest BCUT2D eigenvalue weighted by Gasteiger charge is -2.55. The number of amides is 1. The molecule has 8 heteroatoms. The highest BCUT2D eigenvalue weighted by Crippen LogP contribution is 2.62. The molecule has 32 heavy (non-hydrogen) atoms. The quantitative estimate of drug-likeness (QED) is 0.614. The number of halogens is 3. The summed E-state index contributed by atoms with van der Waals surface area (Å²) in [6.45, 7) is 1.78. The summed E-state index contributed by atoms with van der Waals surface area (Å²) in [7, 11) is 0. The van der Waals surface area contributed by atoms with Crippen molar-refractivity contribution in [3.8, 4) is 0 Å². The van der Waals surface area contributed by atoms with Crippen molar-refractivity contribution in [1.29, 1.82) is 0 Å². The first-order valence-electron chi connectivity index (χ1n) is 12.5. The van der Waals surface area contributed by atoms with Crippen molar-refractivity contribution in [2.75, 3.05) is 19.8 Å². The number of fused-ring (bicyclic) bond motifs is 5. The number of aliphatic hydroxyl groups is 1. The largest absolute Gasteiger partial charge is 0.446 e. The molecule has 9 atom stereocenters. The topological polar surface area (TPSA) is 59.0 Å². The number of hydrogen-bond donors (Lipinski definition) is 1. The molecule has 0 aromatic carbocycles. The monoisotopic (exact) mass is 459 g/mol. The molecule has 1 N–H and O–H groups in total. The molecule has 4 saturated carbocycles. The van der Waals surface area contributed by atoms with Crippen LogP contribution in [-0.4, -0.2) is 60.3 Å². The molecular formula is C24H36F3NO4. The second-order valence-electron chi connectivity index (χ2n) is 11.2. The van der Waals surface area contributed by atoms with Crippen LogP contribution in [0.25, 0.3) is 0 Å². The molecule has 0 aromatic rings. The first-order chi connectivity index (χ1) is 15.2. The minimum atomic E-state index is -4.52. The Morgan fingerprint density at radius 1 is 1.06 bits per heavy atom. The molecule has 5 rings (SSSR count). The Morgan fingerprint density at radius 2 is 1.84 bits per heavy atom. The average molecular weight is 460 g/mol. The lowest BCUT2D eigenvalue weighted by atomic mass is 9.50. The third-order valence-corrected chi connectivity index (χ3v) is 9.86. The van der Waals surface area contributed by atoms with Gasteiger partial charge in [-0.1, -0.05) is 6.92 Å². The molecule has 182 valence electrons. The van der Waals surface area contributed by atoms with Gasteiger partial charge in [0.1, 0.15) is 6.10 Å². The zero-order valence-electron chi connectivity index (χ0n) is 18.9. The van der Waals surface area contributed by atoms with Gasteiger partial charge in [-0.15, -0.1) is 0 Å². The van der Waals surface area contributed by atoms with Gasteiger partial charge in [-0.05, 0) is 92.8 Å². The molecule has 1 saturated heterocycles. The molecule has 0 bridgehead atoms. The van der Waals surface area contributed by atoms with Crippen LogP contribution in [0.3, 0.4) is 0 Å². The summed E-state index contributed by atoms with van der Waals surface area (Å²) < 4.78 is 50.5. The normalized spacial score (nSPS) is 46.7. The van der Waals surface area contributed by atoms with Crippen LogP contribution in [0.2, 0.25) is 0 Å². The van der Waals surface area contributed by atoms with Gasteiger partial charge in [0, 0.05) is 6.54 Å². The lowest BCUT2D eigenvalue weighted by Crippen LogP contribution is -2.56. The molecule has 0 spiro atoms. The smallest absolute Gasteiger partial charge is 0.411 e. The van der Waals surface area contributed by atoms with Gasteiger partial charge in [0.05, 0.1) is 19.3 Å². The zero-order valence-corrected chi connectivity index (χ0v) is 18.9. The molecule has 5 nitrogen and oxygen atoms in total. The minimum Gasteiger partial charge on any atom is -0.446 e. The number of alkyl halides is 3. The maximum absolute atomic E-state index is 13.3. The fourth-order valence-corrected chi connectivity index (χ4v) is 8.19. The minimum absolute atomic E-state index is 0.0773. The molecule has 1 amide bonds. The third-order valence-electron chi connectivity index (χ3n) is 9.86. The van der Waals surface area contributed by atoms with Crippen molar-refractivity contribution in [3.63, 3.8) is 0 Å². The fraction of sp³-hybridized carbons (Fsp3) is 0.958. The molecule has 9 unspecified atom stereocenters. The van der Waals surface area contributed by atoms with E-state index in [0.29, 0.717) is 29.6 Å². The van der Waals surface area contributed by atoms with E-state index in [-0.39, 0.29) is 30.8 Å². The van der Waals surface area contributed by atoms with Crippen LogP contribution in [0.15, 0.2) is 0 Å². The van der Waals surface area contributed by atoms with E-state index in [1.54, 1.807) is 0 Å². The van der Waals surface area contributed by atoms with E-state index in [9.17, 15) is 23.1 Å². The Hall–Kier alpha value is -1.02. The van der Waals surface area contributed by atoms with E-state index < -0.39 is 24.9 Å². The van der Waals surface area contributed by atoms with Crippen molar-refractivity contribution in [2.45, 2.75) is 89.1 Å². The molecular weight excluding hydrogens is 423 g/mol. The lowest BCUT2D eigenvalue weighted by molar-refractivity contribution is -0.206.